The SMILES string of the molecule is CCCCCCCCC(C=Nc1ccc(CCCC)c(CCCC)c1)=Nc1ccc(CCCC)c(CCCC)c1. The predicted molar refractivity (Wildman–Crippen MR) is 181 cm³/mol. The Labute approximate surface area is 248 Å². The van der Waals surface area contributed by atoms with Crippen molar-refractivity contribution in [1.82, 2.24) is 0 Å². The van der Waals surface area contributed by atoms with Gasteiger partial charge in [0.05, 0.1) is 17.1 Å². The van der Waals surface area contributed by atoms with Crippen LogP contribution in [-0.2, 0) is 25.7 Å². The van der Waals surface area contributed by atoms with Crippen LogP contribution < -0.4 is 0 Å². The molecule has 0 bridgehead atoms. The van der Waals surface area contributed by atoms with Gasteiger partial charge in [-0.25, -0.2) is 0 Å². The van der Waals surface area contributed by atoms with Crippen molar-refractivity contribution in [2.24, 2.45) is 9.98 Å². The molecule has 0 N–H and O–H groups in total. The van der Waals surface area contributed by atoms with E-state index < -0.39 is 0 Å². The van der Waals surface area contributed by atoms with Crippen LogP contribution in [0.5, 0.6) is 0 Å². The molecule has 2 rings (SSSR count). The molecule has 0 saturated carbocycles. The van der Waals surface area contributed by atoms with Crippen LogP contribution in [-0.4, -0.2) is 11.9 Å². The Balaban J connectivity index is 2.30. The lowest BCUT2D eigenvalue weighted by molar-refractivity contribution is 0.616. The van der Waals surface area contributed by atoms with Gasteiger partial charge in [0, 0.05) is 6.21 Å². The molecule has 0 saturated heterocycles. The molecule has 2 aromatic rings. The Hall–Kier alpha value is -2.22. The second-order valence-electron chi connectivity index (χ2n) is 11.7. The van der Waals surface area contributed by atoms with Crippen molar-refractivity contribution in [2.45, 2.75) is 157 Å². The third-order valence-electron chi connectivity index (χ3n) is 8.00. The molecule has 0 fully saturated rings. The third kappa shape index (κ3) is 13.4. The monoisotopic (exact) mass is 544 g/mol. The lowest BCUT2D eigenvalue weighted by Crippen LogP contribution is -2.01. The van der Waals surface area contributed by atoms with E-state index in [1.54, 1.807) is 0 Å². The minimum atomic E-state index is 0.995. The lowest BCUT2D eigenvalue weighted by atomic mass is 9.97. The summed E-state index contributed by atoms with van der Waals surface area (Å²) < 4.78 is 0. The quantitative estimate of drug-likeness (QED) is 0.104. The average molecular weight is 545 g/mol. The Morgan fingerprint density at radius 1 is 0.500 bits per heavy atom. The van der Waals surface area contributed by atoms with Crippen LogP contribution in [0.4, 0.5) is 11.4 Å². The summed E-state index contributed by atoms with van der Waals surface area (Å²) in [6, 6.07) is 13.8. The molecule has 2 aromatic carbocycles. The predicted octanol–water partition coefficient (Wildman–Crippen LogP) is 12.3. The summed E-state index contributed by atoms with van der Waals surface area (Å²) in [7, 11) is 0. The number of benzene rings is 2. The zero-order valence-corrected chi connectivity index (χ0v) is 26.9. The van der Waals surface area contributed by atoms with E-state index in [1.807, 2.05) is 0 Å². The second kappa shape index (κ2) is 21.5. The normalized spacial score (nSPS) is 12.1. The van der Waals surface area contributed by atoms with Gasteiger partial charge in [-0.1, -0.05) is 105 Å². The van der Waals surface area contributed by atoms with Crippen LogP contribution in [0, 0.1) is 0 Å². The zero-order chi connectivity index (χ0) is 28.8. The lowest BCUT2D eigenvalue weighted by Gasteiger charge is -2.11. The van der Waals surface area contributed by atoms with Crippen molar-refractivity contribution in [2.75, 3.05) is 0 Å². The van der Waals surface area contributed by atoms with E-state index in [-0.39, 0.29) is 0 Å². The van der Waals surface area contributed by atoms with Crippen LogP contribution >= 0.6 is 0 Å². The van der Waals surface area contributed by atoms with E-state index in [1.165, 1.54) is 125 Å². The van der Waals surface area contributed by atoms with Crippen molar-refractivity contribution in [3.05, 3.63) is 58.7 Å². The molecule has 0 atom stereocenters. The first-order valence-electron chi connectivity index (χ1n) is 17.0. The molecule has 0 aliphatic rings. The van der Waals surface area contributed by atoms with E-state index in [0.717, 1.165) is 36.3 Å². The molecule has 0 aromatic heterocycles. The number of aryl methyl sites for hydroxylation is 4. The number of rotatable bonds is 22. The molecule has 2 heteroatoms. The van der Waals surface area contributed by atoms with E-state index in [4.69, 9.17) is 9.98 Å². The largest absolute Gasteiger partial charge is 0.255 e. The molecule has 0 aliphatic carbocycles. The maximum Gasteiger partial charge on any atom is 0.0636 e. The van der Waals surface area contributed by atoms with Crippen LogP contribution in [0.25, 0.3) is 0 Å². The van der Waals surface area contributed by atoms with Crippen LogP contribution in [0.2, 0.25) is 0 Å². The van der Waals surface area contributed by atoms with Crippen LogP contribution in [0.15, 0.2) is 46.4 Å². The molecule has 0 unspecified atom stereocenters. The van der Waals surface area contributed by atoms with Gasteiger partial charge in [0.15, 0.2) is 0 Å². The molecule has 2 nitrogen and oxygen atoms in total. The molecule has 0 aliphatic heterocycles. The highest BCUT2D eigenvalue weighted by Crippen LogP contribution is 2.24. The molecule has 222 valence electrons. The summed E-state index contributed by atoms with van der Waals surface area (Å²) in [5.74, 6) is 0. The van der Waals surface area contributed by atoms with Crippen LogP contribution in [0.3, 0.4) is 0 Å². The molecule has 0 radical (unpaired) electrons. The van der Waals surface area contributed by atoms with Crippen molar-refractivity contribution in [1.29, 1.82) is 0 Å². The Bertz CT molecular complexity index is 1000. The number of aliphatic imine (C=N–C) groups is 2. The number of nitrogens with zero attached hydrogens (tertiary/aromatic N) is 2. The van der Waals surface area contributed by atoms with Gasteiger partial charge in [-0.05, 0) is 111 Å². The van der Waals surface area contributed by atoms with Gasteiger partial charge in [0.1, 0.15) is 0 Å². The molecule has 40 heavy (non-hydrogen) atoms. The van der Waals surface area contributed by atoms with Gasteiger partial charge < -0.3 is 0 Å². The third-order valence-corrected chi connectivity index (χ3v) is 8.00. The first kappa shape index (κ1) is 34.0. The Kier molecular flexibility index (Phi) is 18.3. The summed E-state index contributed by atoms with van der Waals surface area (Å²) in [5.41, 5.74) is 9.29. The van der Waals surface area contributed by atoms with Gasteiger partial charge in [0.25, 0.3) is 0 Å². The maximum absolute atomic E-state index is 5.20. The fourth-order valence-electron chi connectivity index (χ4n) is 5.35. The number of unbranched alkanes of at least 4 members (excludes halogenated alkanes) is 9. The van der Waals surface area contributed by atoms with E-state index >= 15 is 0 Å². The van der Waals surface area contributed by atoms with E-state index in [9.17, 15) is 0 Å². The van der Waals surface area contributed by atoms with Gasteiger partial charge in [-0.15, -0.1) is 0 Å². The fourth-order valence-corrected chi connectivity index (χ4v) is 5.35. The molecule has 0 spiro atoms. The zero-order valence-electron chi connectivity index (χ0n) is 26.9. The standard InChI is InChI=1S/C38H60N2/c1-6-11-16-17-18-19-24-38(40-37-28-26-33(21-13-8-3)35(30-37)23-15-10-5)31-39-36-27-25-32(20-12-7-2)34(29-36)22-14-9-4/h25-31H,6-24H2,1-5H3. The van der Waals surface area contributed by atoms with Gasteiger partial charge in [-0.2, -0.15) is 0 Å². The Morgan fingerprint density at radius 3 is 1.50 bits per heavy atom. The van der Waals surface area contributed by atoms with Crippen molar-refractivity contribution >= 4 is 23.3 Å². The summed E-state index contributed by atoms with van der Waals surface area (Å²) in [4.78, 5) is 10.2. The molecular formula is C38H60N2. The summed E-state index contributed by atoms with van der Waals surface area (Å²) in [6.07, 6.45) is 25.5. The molecule has 0 amide bonds. The molecule has 0 heterocycles. The first-order valence-corrected chi connectivity index (χ1v) is 17.0. The first-order chi connectivity index (χ1) is 19.6. The summed E-state index contributed by atoms with van der Waals surface area (Å²) in [6.45, 7) is 11.4. The smallest absolute Gasteiger partial charge is 0.0636 e. The number of hydrogen-bond donors (Lipinski definition) is 0. The molecular weight excluding hydrogens is 484 g/mol. The minimum absolute atomic E-state index is 0.995. The van der Waals surface area contributed by atoms with E-state index in [2.05, 4.69) is 77.2 Å². The highest BCUT2D eigenvalue weighted by atomic mass is 14.8. The van der Waals surface area contributed by atoms with Crippen LogP contribution in [0.1, 0.15) is 153 Å². The van der Waals surface area contributed by atoms with Crippen molar-refractivity contribution < 1.29 is 0 Å². The van der Waals surface area contributed by atoms with E-state index in [0.29, 0.717) is 0 Å². The fraction of sp³-hybridized carbons (Fsp3) is 0.632. The summed E-state index contributed by atoms with van der Waals surface area (Å²) >= 11 is 0. The highest BCUT2D eigenvalue weighted by molar-refractivity contribution is 6.31. The Morgan fingerprint density at radius 2 is 0.950 bits per heavy atom. The minimum Gasteiger partial charge on any atom is -0.255 e. The average Bonchev–Trinajstić information content (AvgIpc) is 2.98. The summed E-state index contributed by atoms with van der Waals surface area (Å²) in [5, 5.41) is 0. The van der Waals surface area contributed by atoms with Gasteiger partial charge >= 0.3 is 0 Å². The van der Waals surface area contributed by atoms with Crippen molar-refractivity contribution in [3.8, 4) is 0 Å². The van der Waals surface area contributed by atoms with Crippen molar-refractivity contribution in [3.63, 3.8) is 0 Å². The second-order valence-corrected chi connectivity index (χ2v) is 11.7. The maximum atomic E-state index is 5.20. The van der Waals surface area contributed by atoms with Gasteiger partial charge in [-0.3, -0.25) is 9.98 Å². The van der Waals surface area contributed by atoms with Gasteiger partial charge in [0.2, 0.25) is 0 Å². The highest BCUT2D eigenvalue weighted by Gasteiger charge is 2.07. The topological polar surface area (TPSA) is 24.7 Å². The number of hydrogen-bond acceptors (Lipinski definition) is 2.